The first-order valence-electron chi connectivity index (χ1n) is 7.48. The Kier molecular flexibility index (Phi) is 5.55. The van der Waals surface area contributed by atoms with Gasteiger partial charge in [0.2, 0.25) is 5.91 Å². The van der Waals surface area contributed by atoms with Gasteiger partial charge in [-0.15, -0.1) is 0 Å². The molecule has 2 fully saturated rings. The van der Waals surface area contributed by atoms with E-state index in [1.54, 1.807) is 0 Å². The van der Waals surface area contributed by atoms with Crippen LogP contribution in [0, 0.1) is 0 Å². The SMILES string of the molecule is C[C@@H]1CC[C@@H](C(=O)N2CCO[C@H](CN(C)CC(N)=O)C2)O1. The molecule has 0 aliphatic carbocycles. The number of nitrogens with zero attached hydrogens (tertiary/aromatic N) is 2. The lowest BCUT2D eigenvalue weighted by Gasteiger charge is -2.35. The zero-order valence-corrected chi connectivity index (χ0v) is 12.8. The van der Waals surface area contributed by atoms with E-state index in [0.717, 1.165) is 12.8 Å². The third-order valence-corrected chi connectivity index (χ3v) is 3.90. The van der Waals surface area contributed by atoms with E-state index in [4.69, 9.17) is 15.2 Å². The lowest BCUT2D eigenvalue weighted by Crippen LogP contribution is -2.52. The van der Waals surface area contributed by atoms with Gasteiger partial charge in [-0.25, -0.2) is 0 Å². The Morgan fingerprint density at radius 2 is 2.14 bits per heavy atom. The van der Waals surface area contributed by atoms with Gasteiger partial charge < -0.3 is 20.1 Å². The Morgan fingerprint density at radius 1 is 1.38 bits per heavy atom. The summed E-state index contributed by atoms with van der Waals surface area (Å²) in [6, 6.07) is 0. The van der Waals surface area contributed by atoms with E-state index in [1.807, 2.05) is 23.8 Å². The lowest BCUT2D eigenvalue weighted by atomic mass is 10.1. The van der Waals surface area contributed by atoms with Crippen LogP contribution in [0.4, 0.5) is 0 Å². The maximum absolute atomic E-state index is 12.4. The monoisotopic (exact) mass is 299 g/mol. The van der Waals surface area contributed by atoms with Crippen molar-refractivity contribution >= 4 is 11.8 Å². The van der Waals surface area contributed by atoms with E-state index in [2.05, 4.69) is 0 Å². The zero-order valence-electron chi connectivity index (χ0n) is 12.8. The summed E-state index contributed by atoms with van der Waals surface area (Å²) in [4.78, 5) is 26.9. The van der Waals surface area contributed by atoms with Gasteiger partial charge in [-0.3, -0.25) is 14.5 Å². The molecule has 0 aromatic rings. The predicted octanol–water partition coefficient (Wildman–Crippen LogP) is -0.802. The van der Waals surface area contributed by atoms with Crippen molar-refractivity contribution in [3.05, 3.63) is 0 Å². The number of carbonyl (C=O) groups is 2. The molecule has 2 rings (SSSR count). The van der Waals surface area contributed by atoms with Gasteiger partial charge in [0.1, 0.15) is 6.10 Å². The molecular weight excluding hydrogens is 274 g/mol. The van der Waals surface area contributed by atoms with Crippen LogP contribution in [0.2, 0.25) is 0 Å². The summed E-state index contributed by atoms with van der Waals surface area (Å²) in [6.07, 6.45) is 1.50. The molecule has 0 bridgehead atoms. The highest BCUT2D eigenvalue weighted by molar-refractivity contribution is 5.81. The van der Waals surface area contributed by atoms with Gasteiger partial charge in [-0.05, 0) is 26.8 Å². The van der Waals surface area contributed by atoms with Gasteiger partial charge in [-0.2, -0.15) is 0 Å². The van der Waals surface area contributed by atoms with Gasteiger partial charge in [-0.1, -0.05) is 0 Å². The summed E-state index contributed by atoms with van der Waals surface area (Å²) in [5, 5.41) is 0. The van der Waals surface area contributed by atoms with Crippen molar-refractivity contribution in [2.24, 2.45) is 5.73 Å². The average Bonchev–Trinajstić information content (AvgIpc) is 2.84. The fourth-order valence-electron chi connectivity index (χ4n) is 2.90. The maximum Gasteiger partial charge on any atom is 0.251 e. The van der Waals surface area contributed by atoms with Crippen LogP contribution in [0.15, 0.2) is 0 Å². The predicted molar refractivity (Wildman–Crippen MR) is 76.6 cm³/mol. The van der Waals surface area contributed by atoms with Crippen molar-refractivity contribution in [1.82, 2.24) is 9.80 Å². The van der Waals surface area contributed by atoms with E-state index in [0.29, 0.717) is 26.2 Å². The molecule has 2 amide bonds. The molecule has 7 nitrogen and oxygen atoms in total. The van der Waals surface area contributed by atoms with E-state index < -0.39 is 0 Å². The molecule has 0 aromatic carbocycles. The van der Waals surface area contributed by atoms with Gasteiger partial charge >= 0.3 is 0 Å². The molecule has 0 aromatic heterocycles. The third-order valence-electron chi connectivity index (χ3n) is 3.90. The highest BCUT2D eigenvalue weighted by Crippen LogP contribution is 2.21. The van der Waals surface area contributed by atoms with Crippen molar-refractivity contribution in [2.45, 2.75) is 38.1 Å². The summed E-state index contributed by atoms with van der Waals surface area (Å²) < 4.78 is 11.3. The molecule has 120 valence electrons. The Bertz CT molecular complexity index is 390. The smallest absolute Gasteiger partial charge is 0.251 e. The van der Waals surface area contributed by atoms with Crippen molar-refractivity contribution in [2.75, 3.05) is 39.8 Å². The van der Waals surface area contributed by atoms with Gasteiger partial charge in [0, 0.05) is 19.6 Å². The molecule has 21 heavy (non-hydrogen) atoms. The fraction of sp³-hybridized carbons (Fsp3) is 0.857. The van der Waals surface area contributed by atoms with Crippen molar-refractivity contribution in [1.29, 1.82) is 0 Å². The van der Waals surface area contributed by atoms with Crippen LogP contribution in [-0.2, 0) is 19.1 Å². The minimum absolute atomic E-state index is 0.0604. The standard InChI is InChI=1S/C14H25N3O4/c1-10-3-4-12(21-10)14(19)17-5-6-20-11(8-17)7-16(2)9-13(15)18/h10-12H,3-9H2,1-2H3,(H2,15,18)/t10-,11-,12+/m1/s1. The Hall–Kier alpha value is -1.18. The zero-order chi connectivity index (χ0) is 15.4. The largest absolute Gasteiger partial charge is 0.373 e. The molecule has 2 aliphatic rings. The molecule has 7 heteroatoms. The number of carbonyl (C=O) groups excluding carboxylic acids is 2. The van der Waals surface area contributed by atoms with Crippen LogP contribution in [0.1, 0.15) is 19.8 Å². The van der Waals surface area contributed by atoms with E-state index in [1.165, 1.54) is 0 Å². The Labute approximate surface area is 125 Å². The second-order valence-electron chi connectivity index (χ2n) is 5.95. The molecule has 3 atom stereocenters. The van der Waals surface area contributed by atoms with Crippen LogP contribution in [-0.4, -0.2) is 79.8 Å². The minimum atomic E-state index is -0.366. The number of hydrogen-bond acceptors (Lipinski definition) is 5. The molecular formula is C14H25N3O4. The molecule has 2 aliphatic heterocycles. The van der Waals surface area contributed by atoms with Crippen LogP contribution in [0.3, 0.4) is 0 Å². The number of morpholine rings is 1. The van der Waals surface area contributed by atoms with E-state index in [9.17, 15) is 9.59 Å². The topological polar surface area (TPSA) is 85.1 Å². The van der Waals surface area contributed by atoms with Crippen LogP contribution in [0.5, 0.6) is 0 Å². The summed E-state index contributed by atoms with van der Waals surface area (Å²) in [5.41, 5.74) is 5.17. The second-order valence-corrected chi connectivity index (χ2v) is 5.95. The molecule has 0 radical (unpaired) electrons. The second kappa shape index (κ2) is 7.20. The molecule has 0 unspecified atom stereocenters. The number of hydrogen-bond donors (Lipinski definition) is 1. The molecule has 2 heterocycles. The van der Waals surface area contributed by atoms with Crippen LogP contribution < -0.4 is 5.73 Å². The van der Waals surface area contributed by atoms with Crippen LogP contribution >= 0.6 is 0 Å². The first-order chi connectivity index (χ1) is 9.95. The third kappa shape index (κ3) is 4.66. The summed E-state index contributed by atoms with van der Waals surface area (Å²) in [7, 11) is 1.82. The summed E-state index contributed by atoms with van der Waals surface area (Å²) in [6.45, 7) is 4.42. The number of ether oxygens (including phenoxy) is 2. The highest BCUT2D eigenvalue weighted by Gasteiger charge is 2.34. The Morgan fingerprint density at radius 3 is 2.76 bits per heavy atom. The molecule has 2 N–H and O–H groups in total. The first-order valence-corrected chi connectivity index (χ1v) is 7.48. The van der Waals surface area contributed by atoms with Crippen molar-refractivity contribution < 1.29 is 19.1 Å². The minimum Gasteiger partial charge on any atom is -0.373 e. The molecule has 0 saturated carbocycles. The lowest BCUT2D eigenvalue weighted by molar-refractivity contribution is -0.150. The number of primary amides is 1. The first kappa shape index (κ1) is 16.2. The molecule has 2 saturated heterocycles. The van der Waals surface area contributed by atoms with Crippen molar-refractivity contribution in [3.63, 3.8) is 0 Å². The normalized spacial score (nSPS) is 29.9. The average molecular weight is 299 g/mol. The Balaban J connectivity index is 1.82. The fourth-order valence-corrected chi connectivity index (χ4v) is 2.90. The highest BCUT2D eigenvalue weighted by atomic mass is 16.5. The maximum atomic E-state index is 12.4. The molecule has 0 spiro atoms. The summed E-state index contributed by atoms with van der Waals surface area (Å²) >= 11 is 0. The number of likely N-dealkylation sites (N-methyl/N-ethyl adjacent to an activating group) is 1. The van der Waals surface area contributed by atoms with Crippen LogP contribution in [0.25, 0.3) is 0 Å². The number of amides is 2. The number of nitrogens with two attached hydrogens (primary N) is 1. The quantitative estimate of drug-likeness (QED) is 0.718. The van der Waals surface area contributed by atoms with E-state index in [-0.39, 0.29) is 36.7 Å². The van der Waals surface area contributed by atoms with Gasteiger partial charge in [0.15, 0.2) is 0 Å². The summed E-state index contributed by atoms with van der Waals surface area (Å²) in [5.74, 6) is -0.306. The van der Waals surface area contributed by atoms with Gasteiger partial charge in [0.25, 0.3) is 5.91 Å². The van der Waals surface area contributed by atoms with E-state index >= 15 is 0 Å². The van der Waals surface area contributed by atoms with Gasteiger partial charge in [0.05, 0.1) is 25.4 Å². The van der Waals surface area contributed by atoms with Crippen molar-refractivity contribution in [3.8, 4) is 0 Å². The number of rotatable bonds is 5.